The van der Waals surface area contributed by atoms with E-state index in [0.29, 0.717) is 0 Å². The summed E-state index contributed by atoms with van der Waals surface area (Å²) in [6.07, 6.45) is 0. The lowest BCUT2D eigenvalue weighted by atomic mass is 10.1. The molecule has 94 valence electrons. The summed E-state index contributed by atoms with van der Waals surface area (Å²) in [5, 5.41) is 4.29. The summed E-state index contributed by atoms with van der Waals surface area (Å²) < 4.78 is 1.13. The topological polar surface area (TPSA) is 12.0 Å². The van der Waals surface area contributed by atoms with E-state index in [1.807, 2.05) is 36.4 Å². The summed E-state index contributed by atoms with van der Waals surface area (Å²) in [5.74, 6) is 0. The Morgan fingerprint density at radius 3 is 2.50 bits per heavy atom. The summed E-state index contributed by atoms with van der Waals surface area (Å²) in [6, 6.07) is 16.4. The number of rotatable bonds is 4. The molecular weight excluding hydrogens is 310 g/mol. The van der Waals surface area contributed by atoms with Gasteiger partial charge >= 0.3 is 0 Å². The summed E-state index contributed by atoms with van der Waals surface area (Å²) in [4.78, 5) is 0. The van der Waals surface area contributed by atoms with E-state index < -0.39 is 0 Å². The zero-order valence-corrected chi connectivity index (χ0v) is 12.5. The Labute approximate surface area is 121 Å². The molecule has 0 unspecified atom stereocenters. The minimum atomic E-state index is 0.275. The summed E-state index contributed by atoms with van der Waals surface area (Å²) in [7, 11) is 0. The maximum atomic E-state index is 6.14. The second kappa shape index (κ2) is 6.37. The predicted molar refractivity (Wildman–Crippen MR) is 80.8 cm³/mol. The van der Waals surface area contributed by atoms with E-state index in [-0.39, 0.29) is 6.04 Å². The summed E-state index contributed by atoms with van der Waals surface area (Å²) >= 11 is 9.71. The van der Waals surface area contributed by atoms with Crippen molar-refractivity contribution < 1.29 is 0 Å². The third kappa shape index (κ3) is 3.35. The molecule has 0 aromatic heterocycles. The number of hydrogen-bond donors (Lipinski definition) is 1. The second-order valence-corrected chi connectivity index (χ2v) is 5.48. The standard InChI is InChI=1S/C15H15BrClN/c1-11(13-7-3-4-8-14(13)16)18-10-12-6-2-5-9-15(12)17/h2-9,11,18H,10H2,1H3/t11-/m0/s1. The molecule has 0 bridgehead atoms. The van der Waals surface area contributed by atoms with Gasteiger partial charge in [0.05, 0.1) is 0 Å². The monoisotopic (exact) mass is 323 g/mol. The van der Waals surface area contributed by atoms with E-state index in [0.717, 1.165) is 21.6 Å². The molecule has 2 aromatic rings. The maximum absolute atomic E-state index is 6.14. The van der Waals surface area contributed by atoms with E-state index in [1.54, 1.807) is 0 Å². The van der Waals surface area contributed by atoms with Crippen LogP contribution in [0.3, 0.4) is 0 Å². The van der Waals surface area contributed by atoms with E-state index >= 15 is 0 Å². The fourth-order valence-corrected chi connectivity index (χ4v) is 2.67. The molecule has 2 aromatic carbocycles. The first kappa shape index (κ1) is 13.6. The molecule has 0 spiro atoms. The summed E-state index contributed by atoms with van der Waals surface area (Å²) in [5.41, 5.74) is 2.38. The number of hydrogen-bond acceptors (Lipinski definition) is 1. The smallest absolute Gasteiger partial charge is 0.0450 e. The quantitative estimate of drug-likeness (QED) is 0.838. The first-order valence-corrected chi connectivity index (χ1v) is 7.07. The molecule has 0 aliphatic rings. The van der Waals surface area contributed by atoms with Crippen LogP contribution >= 0.6 is 27.5 Å². The van der Waals surface area contributed by atoms with Crippen molar-refractivity contribution in [1.82, 2.24) is 5.32 Å². The molecule has 0 saturated carbocycles. The molecule has 0 amide bonds. The summed E-state index contributed by atoms with van der Waals surface area (Å²) in [6.45, 7) is 2.92. The second-order valence-electron chi connectivity index (χ2n) is 4.22. The molecule has 1 nitrogen and oxygen atoms in total. The van der Waals surface area contributed by atoms with Crippen molar-refractivity contribution in [3.63, 3.8) is 0 Å². The highest BCUT2D eigenvalue weighted by Crippen LogP contribution is 2.23. The van der Waals surface area contributed by atoms with E-state index in [2.05, 4.69) is 40.3 Å². The average molecular weight is 325 g/mol. The molecule has 1 N–H and O–H groups in total. The Bertz CT molecular complexity index is 527. The molecule has 1 atom stereocenters. The van der Waals surface area contributed by atoms with Gasteiger partial charge in [-0.05, 0) is 30.2 Å². The molecule has 18 heavy (non-hydrogen) atoms. The SMILES string of the molecule is C[C@H](NCc1ccccc1Cl)c1ccccc1Br. The number of nitrogens with one attached hydrogen (secondary N) is 1. The van der Waals surface area contributed by atoms with Crippen molar-refractivity contribution in [2.45, 2.75) is 19.5 Å². The van der Waals surface area contributed by atoms with Crippen molar-refractivity contribution in [3.05, 3.63) is 69.2 Å². The lowest BCUT2D eigenvalue weighted by Gasteiger charge is -2.16. The molecule has 0 saturated heterocycles. The maximum Gasteiger partial charge on any atom is 0.0450 e. The fourth-order valence-electron chi connectivity index (χ4n) is 1.84. The number of halogens is 2. The predicted octanol–water partition coefficient (Wildman–Crippen LogP) is 4.95. The Hall–Kier alpha value is -0.830. The van der Waals surface area contributed by atoms with Crippen molar-refractivity contribution in [2.24, 2.45) is 0 Å². The molecule has 3 heteroatoms. The fraction of sp³-hybridized carbons (Fsp3) is 0.200. The number of benzene rings is 2. The van der Waals surface area contributed by atoms with Crippen LogP contribution in [0.25, 0.3) is 0 Å². The van der Waals surface area contributed by atoms with Crippen LogP contribution < -0.4 is 5.32 Å². The Morgan fingerprint density at radius 1 is 1.11 bits per heavy atom. The van der Waals surface area contributed by atoms with Crippen molar-refractivity contribution >= 4 is 27.5 Å². The van der Waals surface area contributed by atoms with Crippen LogP contribution in [0.15, 0.2) is 53.0 Å². The van der Waals surface area contributed by atoms with Gasteiger partial charge in [0.1, 0.15) is 0 Å². The minimum Gasteiger partial charge on any atom is -0.306 e. The highest BCUT2D eigenvalue weighted by Gasteiger charge is 2.08. The van der Waals surface area contributed by atoms with Gasteiger partial charge in [-0.2, -0.15) is 0 Å². The lowest BCUT2D eigenvalue weighted by Crippen LogP contribution is -2.18. The lowest BCUT2D eigenvalue weighted by molar-refractivity contribution is 0.573. The molecule has 0 fully saturated rings. The van der Waals surface area contributed by atoms with E-state index in [4.69, 9.17) is 11.6 Å². The van der Waals surface area contributed by atoms with Crippen LogP contribution in [0.2, 0.25) is 5.02 Å². The van der Waals surface area contributed by atoms with Crippen LogP contribution in [0.5, 0.6) is 0 Å². The van der Waals surface area contributed by atoms with Gasteiger partial charge in [-0.3, -0.25) is 0 Å². The van der Waals surface area contributed by atoms with E-state index in [1.165, 1.54) is 5.56 Å². The van der Waals surface area contributed by atoms with Gasteiger partial charge in [0.25, 0.3) is 0 Å². The first-order chi connectivity index (χ1) is 8.68. The molecule has 0 aliphatic carbocycles. The van der Waals surface area contributed by atoms with Gasteiger partial charge in [-0.1, -0.05) is 63.9 Å². The van der Waals surface area contributed by atoms with Gasteiger partial charge in [-0.25, -0.2) is 0 Å². The van der Waals surface area contributed by atoms with Gasteiger partial charge < -0.3 is 5.32 Å². The van der Waals surface area contributed by atoms with Crippen LogP contribution in [0, 0.1) is 0 Å². The molecular formula is C15H15BrClN. The molecule has 0 aliphatic heterocycles. The molecule has 2 rings (SSSR count). The largest absolute Gasteiger partial charge is 0.306 e. The third-order valence-electron chi connectivity index (χ3n) is 2.93. The highest BCUT2D eigenvalue weighted by molar-refractivity contribution is 9.10. The first-order valence-electron chi connectivity index (χ1n) is 5.89. The van der Waals surface area contributed by atoms with Gasteiger partial charge in [0, 0.05) is 22.1 Å². The van der Waals surface area contributed by atoms with Crippen LogP contribution in [0.4, 0.5) is 0 Å². The Balaban J connectivity index is 2.03. The van der Waals surface area contributed by atoms with Crippen molar-refractivity contribution in [2.75, 3.05) is 0 Å². The highest BCUT2D eigenvalue weighted by atomic mass is 79.9. The van der Waals surface area contributed by atoms with Crippen LogP contribution in [-0.4, -0.2) is 0 Å². The third-order valence-corrected chi connectivity index (χ3v) is 4.02. The van der Waals surface area contributed by atoms with Gasteiger partial charge in [-0.15, -0.1) is 0 Å². The van der Waals surface area contributed by atoms with Gasteiger partial charge in [0.15, 0.2) is 0 Å². The zero-order chi connectivity index (χ0) is 13.0. The van der Waals surface area contributed by atoms with Gasteiger partial charge in [0.2, 0.25) is 0 Å². The molecule has 0 radical (unpaired) electrons. The Morgan fingerprint density at radius 2 is 1.78 bits per heavy atom. The van der Waals surface area contributed by atoms with Crippen LogP contribution in [-0.2, 0) is 6.54 Å². The zero-order valence-electron chi connectivity index (χ0n) is 10.2. The average Bonchev–Trinajstić information content (AvgIpc) is 2.38. The van der Waals surface area contributed by atoms with Crippen molar-refractivity contribution in [1.29, 1.82) is 0 Å². The minimum absolute atomic E-state index is 0.275. The van der Waals surface area contributed by atoms with Crippen molar-refractivity contribution in [3.8, 4) is 0 Å². The van der Waals surface area contributed by atoms with E-state index in [9.17, 15) is 0 Å². The molecule has 0 heterocycles. The normalized spacial score (nSPS) is 12.4. The van der Waals surface area contributed by atoms with Crippen LogP contribution in [0.1, 0.15) is 24.1 Å². The Kier molecular flexibility index (Phi) is 4.81.